The molecule has 2 atom stereocenters. The molecule has 1 heterocycles. The summed E-state index contributed by atoms with van der Waals surface area (Å²) in [6, 6.07) is 0. The van der Waals surface area contributed by atoms with Crippen molar-refractivity contribution < 1.29 is 0 Å². The molecule has 2 aliphatic rings. The maximum Gasteiger partial charge on any atom is 0.213 e. The van der Waals surface area contributed by atoms with E-state index >= 15 is 0 Å². The van der Waals surface area contributed by atoms with Crippen molar-refractivity contribution in [3.63, 3.8) is 0 Å². The van der Waals surface area contributed by atoms with Crippen LogP contribution in [0.15, 0.2) is 0 Å². The van der Waals surface area contributed by atoms with E-state index in [1.165, 1.54) is 19.3 Å². The van der Waals surface area contributed by atoms with Gasteiger partial charge in [-0.3, -0.25) is 10.2 Å². The molecule has 0 aromatic carbocycles. The number of hydrogen-bond acceptors (Lipinski definition) is 2. The van der Waals surface area contributed by atoms with Crippen molar-refractivity contribution in [2.45, 2.75) is 25.2 Å². The highest BCUT2D eigenvalue weighted by Crippen LogP contribution is 2.62. The molecule has 64 valence electrons. The number of fused-ring (bicyclic) bond motifs is 1. The van der Waals surface area contributed by atoms with Crippen molar-refractivity contribution >= 4 is 12.2 Å². The van der Waals surface area contributed by atoms with Crippen molar-refractivity contribution in [1.29, 1.82) is 0 Å². The number of aromatic amines is 2. The van der Waals surface area contributed by atoms with E-state index in [0.717, 1.165) is 17.7 Å². The van der Waals surface area contributed by atoms with Crippen LogP contribution in [0.1, 0.15) is 31.0 Å². The third-order valence-electron chi connectivity index (χ3n) is 3.24. The predicted molar refractivity (Wildman–Crippen MR) is 47.3 cm³/mol. The van der Waals surface area contributed by atoms with Crippen LogP contribution in [0.2, 0.25) is 0 Å². The summed E-state index contributed by atoms with van der Waals surface area (Å²) >= 11 is 4.91. The first kappa shape index (κ1) is 6.83. The van der Waals surface area contributed by atoms with Crippen molar-refractivity contribution in [2.24, 2.45) is 11.8 Å². The molecular weight excluding hydrogens is 170 g/mol. The lowest BCUT2D eigenvalue weighted by molar-refractivity contribution is 0.660. The molecule has 1 aromatic heterocycles. The number of nitrogens with one attached hydrogen (secondary N) is 2. The van der Waals surface area contributed by atoms with Gasteiger partial charge >= 0.3 is 0 Å². The molecule has 1 aromatic rings. The first-order valence-electron chi connectivity index (χ1n) is 4.51. The van der Waals surface area contributed by atoms with Gasteiger partial charge in [-0.15, -0.1) is 0 Å². The molecule has 3 nitrogen and oxygen atoms in total. The second kappa shape index (κ2) is 2.19. The fourth-order valence-electron chi connectivity index (χ4n) is 2.67. The van der Waals surface area contributed by atoms with Gasteiger partial charge in [0.1, 0.15) is 5.82 Å². The Morgan fingerprint density at radius 1 is 1.25 bits per heavy atom. The molecule has 12 heavy (non-hydrogen) atoms. The van der Waals surface area contributed by atoms with Crippen LogP contribution in [0.25, 0.3) is 0 Å². The quantitative estimate of drug-likeness (QED) is 0.651. The molecule has 2 unspecified atom stereocenters. The Morgan fingerprint density at radius 2 is 2.00 bits per heavy atom. The first-order chi connectivity index (χ1) is 5.86. The molecule has 2 aliphatic carbocycles. The average Bonchev–Trinajstić information content (AvgIpc) is 2.55. The first-order valence-corrected chi connectivity index (χ1v) is 4.91. The number of H-pyrrole nitrogens is 2. The second-order valence-corrected chi connectivity index (χ2v) is 4.22. The zero-order valence-electron chi connectivity index (χ0n) is 6.71. The van der Waals surface area contributed by atoms with Crippen LogP contribution >= 0.6 is 12.2 Å². The fourth-order valence-corrected chi connectivity index (χ4v) is 2.82. The summed E-state index contributed by atoms with van der Waals surface area (Å²) in [4.78, 5) is 4.26. The van der Waals surface area contributed by atoms with Gasteiger partial charge in [0.25, 0.3) is 0 Å². The number of hydrogen-bond donors (Lipinski definition) is 2. The Morgan fingerprint density at radius 3 is 2.58 bits per heavy atom. The lowest BCUT2D eigenvalue weighted by Gasteiger charge is -1.96. The fraction of sp³-hybridized carbons (Fsp3) is 0.750. The van der Waals surface area contributed by atoms with E-state index in [4.69, 9.17) is 12.2 Å². The van der Waals surface area contributed by atoms with Crippen LogP contribution in [-0.2, 0) is 0 Å². The standard InChI is InChI=1S/C8H11N3S/c12-8-9-7(10-11-8)6-4-2-1-3-5(4)6/h4-6H,1-3H2,(H2,9,10,11,12). The van der Waals surface area contributed by atoms with Crippen molar-refractivity contribution in [2.75, 3.05) is 0 Å². The maximum atomic E-state index is 4.91. The number of nitrogens with zero attached hydrogens (tertiary/aromatic N) is 1. The van der Waals surface area contributed by atoms with E-state index in [-0.39, 0.29) is 0 Å². The summed E-state index contributed by atoms with van der Waals surface area (Å²) < 4.78 is 0.593. The second-order valence-electron chi connectivity index (χ2n) is 3.84. The van der Waals surface area contributed by atoms with Gasteiger partial charge in [-0.05, 0) is 36.9 Å². The van der Waals surface area contributed by atoms with Crippen LogP contribution in [0, 0.1) is 16.6 Å². The van der Waals surface area contributed by atoms with Gasteiger partial charge in [0.05, 0.1) is 0 Å². The summed E-state index contributed by atoms with van der Waals surface area (Å²) in [5.74, 6) is 3.62. The summed E-state index contributed by atoms with van der Waals surface area (Å²) in [6.45, 7) is 0. The van der Waals surface area contributed by atoms with Crippen LogP contribution in [-0.4, -0.2) is 15.2 Å². The Labute approximate surface area is 75.6 Å². The van der Waals surface area contributed by atoms with Crippen molar-refractivity contribution in [3.8, 4) is 0 Å². The topological polar surface area (TPSA) is 44.5 Å². The van der Waals surface area contributed by atoms with E-state index in [2.05, 4.69) is 15.2 Å². The van der Waals surface area contributed by atoms with E-state index in [1.54, 1.807) is 0 Å². The van der Waals surface area contributed by atoms with Gasteiger partial charge in [0.15, 0.2) is 0 Å². The molecule has 0 saturated heterocycles. The monoisotopic (exact) mass is 181 g/mol. The van der Waals surface area contributed by atoms with Crippen LogP contribution in [0.5, 0.6) is 0 Å². The van der Waals surface area contributed by atoms with E-state index in [0.29, 0.717) is 10.7 Å². The van der Waals surface area contributed by atoms with Crippen LogP contribution < -0.4 is 0 Å². The third-order valence-corrected chi connectivity index (χ3v) is 3.44. The van der Waals surface area contributed by atoms with E-state index in [9.17, 15) is 0 Å². The van der Waals surface area contributed by atoms with Gasteiger partial charge in [-0.25, -0.2) is 4.98 Å². The molecular formula is C8H11N3S. The molecule has 2 N–H and O–H groups in total. The summed E-state index contributed by atoms with van der Waals surface area (Å²) in [6.07, 6.45) is 4.20. The maximum absolute atomic E-state index is 4.91. The lowest BCUT2D eigenvalue weighted by atomic mass is 10.1. The molecule has 0 aliphatic heterocycles. The highest BCUT2D eigenvalue weighted by molar-refractivity contribution is 7.71. The minimum absolute atomic E-state index is 0.593. The van der Waals surface area contributed by atoms with Crippen LogP contribution in [0.3, 0.4) is 0 Å². The molecule has 0 amide bonds. The van der Waals surface area contributed by atoms with Crippen molar-refractivity contribution in [3.05, 3.63) is 10.6 Å². The Bertz CT molecular complexity index is 343. The largest absolute Gasteiger partial charge is 0.285 e. The smallest absolute Gasteiger partial charge is 0.213 e. The zero-order valence-corrected chi connectivity index (χ0v) is 7.53. The van der Waals surface area contributed by atoms with Gasteiger partial charge in [-0.2, -0.15) is 0 Å². The van der Waals surface area contributed by atoms with Gasteiger partial charge in [-0.1, -0.05) is 6.42 Å². The number of rotatable bonds is 1. The van der Waals surface area contributed by atoms with E-state index in [1.807, 2.05) is 0 Å². The molecule has 0 bridgehead atoms. The number of aromatic nitrogens is 3. The van der Waals surface area contributed by atoms with Crippen molar-refractivity contribution in [1.82, 2.24) is 15.2 Å². The molecule has 0 spiro atoms. The molecule has 4 heteroatoms. The highest BCUT2D eigenvalue weighted by Gasteiger charge is 2.54. The molecule has 2 saturated carbocycles. The van der Waals surface area contributed by atoms with Gasteiger partial charge in [0, 0.05) is 5.92 Å². The Hall–Kier alpha value is -0.640. The van der Waals surface area contributed by atoms with Gasteiger partial charge < -0.3 is 0 Å². The predicted octanol–water partition coefficient (Wildman–Crippen LogP) is 1.98. The molecule has 2 fully saturated rings. The minimum atomic E-state index is 0.593. The average molecular weight is 181 g/mol. The highest BCUT2D eigenvalue weighted by atomic mass is 32.1. The summed E-state index contributed by atoms with van der Waals surface area (Å²) in [5, 5.41) is 5.91. The third kappa shape index (κ3) is 0.813. The van der Waals surface area contributed by atoms with Crippen LogP contribution in [0.4, 0.5) is 0 Å². The lowest BCUT2D eigenvalue weighted by Crippen LogP contribution is -1.90. The Balaban J connectivity index is 1.89. The summed E-state index contributed by atoms with van der Waals surface area (Å²) in [5.41, 5.74) is 0. The normalized spacial score (nSPS) is 38.2. The molecule has 3 rings (SSSR count). The van der Waals surface area contributed by atoms with Gasteiger partial charge in [0.2, 0.25) is 4.77 Å². The minimum Gasteiger partial charge on any atom is -0.285 e. The Kier molecular flexibility index (Phi) is 1.25. The molecule has 0 radical (unpaired) electrons. The summed E-state index contributed by atoms with van der Waals surface area (Å²) in [7, 11) is 0. The van der Waals surface area contributed by atoms with E-state index < -0.39 is 0 Å². The SMILES string of the molecule is S=c1nc(C2C3CCCC32)[nH][nH]1. The zero-order chi connectivity index (χ0) is 8.13.